The van der Waals surface area contributed by atoms with Crippen molar-refractivity contribution in [3.8, 4) is 17.3 Å². The van der Waals surface area contributed by atoms with Crippen molar-refractivity contribution in [2.75, 3.05) is 56.7 Å². The fourth-order valence-electron chi connectivity index (χ4n) is 6.45. The van der Waals surface area contributed by atoms with Gasteiger partial charge in [-0.3, -0.25) is 4.90 Å². The van der Waals surface area contributed by atoms with Gasteiger partial charge in [0.1, 0.15) is 11.6 Å². The van der Waals surface area contributed by atoms with Crippen LogP contribution >= 0.6 is 11.6 Å². The summed E-state index contributed by atoms with van der Waals surface area (Å²) >= 11 is 6.58. The lowest BCUT2D eigenvalue weighted by atomic mass is 9.82. The van der Waals surface area contributed by atoms with Gasteiger partial charge in [0.05, 0.1) is 35.4 Å². The number of nitrogens with one attached hydrogen (secondary N) is 2. The average molecular weight is 537 g/mol. The van der Waals surface area contributed by atoms with Crippen molar-refractivity contribution in [1.82, 2.24) is 14.9 Å². The van der Waals surface area contributed by atoms with E-state index < -0.39 is 5.41 Å². The molecule has 2 aromatic rings. The minimum absolute atomic E-state index is 0.415. The van der Waals surface area contributed by atoms with Crippen molar-refractivity contribution in [3.05, 3.63) is 35.5 Å². The first-order chi connectivity index (χ1) is 18.6. The number of rotatable bonds is 7. The number of likely N-dealkylation sites (tertiary alicyclic amines) is 1. The Hall–Kier alpha value is -2.44. The topological polar surface area (TPSA) is 95.3 Å². The molecule has 8 nitrogen and oxygen atoms in total. The second kappa shape index (κ2) is 11.0. The van der Waals surface area contributed by atoms with Crippen molar-refractivity contribution < 1.29 is 9.47 Å². The SMILES string of the molecule is N#CC1(CNc2cccc(-c3cc(NC4CCC(N5CCC6(COC6)C5)CC4)ncc3Cl)n2)CCOCC1. The zero-order valence-corrected chi connectivity index (χ0v) is 22.7. The van der Waals surface area contributed by atoms with E-state index in [1.54, 1.807) is 6.20 Å². The number of nitrogens with zero attached hydrogens (tertiary/aromatic N) is 4. The molecule has 1 aliphatic carbocycles. The van der Waals surface area contributed by atoms with Gasteiger partial charge in [0.15, 0.2) is 0 Å². The van der Waals surface area contributed by atoms with Gasteiger partial charge in [-0.1, -0.05) is 17.7 Å². The first-order valence-corrected chi connectivity index (χ1v) is 14.4. The summed E-state index contributed by atoms with van der Waals surface area (Å²) in [4.78, 5) is 12.1. The highest BCUT2D eigenvalue weighted by Gasteiger charge is 2.46. The maximum absolute atomic E-state index is 9.75. The number of pyridine rings is 2. The molecule has 3 saturated heterocycles. The van der Waals surface area contributed by atoms with Gasteiger partial charge < -0.3 is 20.1 Å². The highest BCUT2D eigenvalue weighted by molar-refractivity contribution is 6.33. The molecular weight excluding hydrogens is 500 g/mol. The third-order valence-electron chi connectivity index (χ3n) is 9.02. The summed E-state index contributed by atoms with van der Waals surface area (Å²) in [6, 6.07) is 11.5. The lowest BCUT2D eigenvalue weighted by Crippen LogP contribution is -2.47. The number of anilines is 2. The summed E-state index contributed by atoms with van der Waals surface area (Å²) in [6.45, 7) is 6.15. The molecule has 4 fully saturated rings. The Morgan fingerprint density at radius 1 is 1.08 bits per heavy atom. The van der Waals surface area contributed by atoms with Crippen LogP contribution in [0.4, 0.5) is 11.6 Å². The van der Waals surface area contributed by atoms with Crippen molar-refractivity contribution in [1.29, 1.82) is 5.26 Å². The molecule has 3 aliphatic heterocycles. The first kappa shape index (κ1) is 25.8. The third kappa shape index (κ3) is 5.48. The van der Waals surface area contributed by atoms with Crippen LogP contribution in [0.1, 0.15) is 44.9 Å². The minimum atomic E-state index is -0.415. The Morgan fingerprint density at radius 2 is 1.89 bits per heavy atom. The summed E-state index contributed by atoms with van der Waals surface area (Å²) in [5.74, 6) is 1.58. The highest BCUT2D eigenvalue weighted by atomic mass is 35.5. The van der Waals surface area contributed by atoms with E-state index in [1.165, 1.54) is 32.4 Å². The van der Waals surface area contributed by atoms with Gasteiger partial charge in [-0.15, -0.1) is 0 Å². The summed E-state index contributed by atoms with van der Waals surface area (Å²) in [6.07, 6.45) is 9.21. The van der Waals surface area contributed by atoms with E-state index in [4.69, 9.17) is 26.1 Å². The smallest absolute Gasteiger partial charge is 0.126 e. The zero-order chi connectivity index (χ0) is 26.0. The Bertz CT molecular complexity index is 1170. The number of aromatic nitrogens is 2. The Balaban J connectivity index is 1.07. The molecule has 2 aromatic heterocycles. The van der Waals surface area contributed by atoms with E-state index >= 15 is 0 Å². The normalized spacial score (nSPS) is 26.4. The number of nitriles is 1. The van der Waals surface area contributed by atoms with Gasteiger partial charge in [0.2, 0.25) is 0 Å². The Labute approximate surface area is 230 Å². The predicted molar refractivity (Wildman–Crippen MR) is 148 cm³/mol. The molecule has 0 unspecified atom stereocenters. The lowest BCUT2D eigenvalue weighted by molar-refractivity contribution is -0.106. The molecule has 0 radical (unpaired) electrons. The van der Waals surface area contributed by atoms with Crippen LogP contribution in [0.25, 0.3) is 11.3 Å². The van der Waals surface area contributed by atoms with Crippen LogP contribution < -0.4 is 10.6 Å². The maximum Gasteiger partial charge on any atom is 0.126 e. The molecule has 1 saturated carbocycles. The molecule has 202 valence electrons. The van der Waals surface area contributed by atoms with E-state index in [2.05, 4.69) is 26.6 Å². The van der Waals surface area contributed by atoms with Crippen LogP contribution in [-0.4, -0.2) is 73.0 Å². The molecule has 5 heterocycles. The van der Waals surface area contributed by atoms with E-state index in [1.807, 2.05) is 24.3 Å². The minimum Gasteiger partial charge on any atom is -0.381 e. The van der Waals surface area contributed by atoms with Crippen molar-refractivity contribution in [3.63, 3.8) is 0 Å². The number of halogens is 1. The monoisotopic (exact) mass is 536 g/mol. The van der Waals surface area contributed by atoms with Gasteiger partial charge >= 0.3 is 0 Å². The standard InChI is InChI=1S/C29H37ClN6O2/c30-24-15-32-27(34-21-4-6-22(7-5-21)36-11-8-29(18-36)19-38-20-29)14-23(24)25-2-1-3-26(35-25)33-17-28(16-31)9-12-37-13-10-28/h1-3,14-15,21-22H,4-13,17-20H2,(H,32,34)(H,33,35). The second-order valence-electron chi connectivity index (χ2n) is 11.7. The summed E-state index contributed by atoms with van der Waals surface area (Å²) in [5.41, 5.74) is 1.69. The first-order valence-electron chi connectivity index (χ1n) is 14.0. The van der Waals surface area contributed by atoms with E-state index in [9.17, 15) is 5.26 Å². The Kier molecular flexibility index (Phi) is 7.45. The number of hydrogen-bond donors (Lipinski definition) is 2. The molecule has 2 N–H and O–H groups in total. The van der Waals surface area contributed by atoms with Gasteiger partial charge in [0.25, 0.3) is 0 Å². The molecule has 0 bridgehead atoms. The molecule has 0 amide bonds. The van der Waals surface area contributed by atoms with E-state index in [0.29, 0.717) is 42.3 Å². The van der Waals surface area contributed by atoms with E-state index in [-0.39, 0.29) is 0 Å². The third-order valence-corrected chi connectivity index (χ3v) is 9.33. The van der Waals surface area contributed by atoms with Crippen molar-refractivity contribution in [2.45, 2.75) is 57.0 Å². The van der Waals surface area contributed by atoms with Crippen LogP contribution in [-0.2, 0) is 9.47 Å². The number of ether oxygens (including phenoxy) is 2. The Morgan fingerprint density at radius 3 is 2.61 bits per heavy atom. The van der Waals surface area contributed by atoms with Gasteiger partial charge in [-0.05, 0) is 69.7 Å². The van der Waals surface area contributed by atoms with Crippen LogP contribution in [0.3, 0.4) is 0 Å². The maximum atomic E-state index is 9.75. The largest absolute Gasteiger partial charge is 0.381 e. The number of hydrogen-bond acceptors (Lipinski definition) is 8. The molecule has 1 spiro atoms. The van der Waals surface area contributed by atoms with Crippen LogP contribution in [0.2, 0.25) is 5.02 Å². The molecule has 0 atom stereocenters. The summed E-state index contributed by atoms with van der Waals surface area (Å²) < 4.78 is 11.0. The van der Waals surface area contributed by atoms with Crippen LogP contribution in [0.15, 0.2) is 30.5 Å². The van der Waals surface area contributed by atoms with E-state index in [0.717, 1.165) is 61.8 Å². The molecule has 0 aromatic carbocycles. The van der Waals surface area contributed by atoms with Crippen molar-refractivity contribution >= 4 is 23.2 Å². The second-order valence-corrected chi connectivity index (χ2v) is 12.1. The highest BCUT2D eigenvalue weighted by Crippen LogP contribution is 2.40. The summed E-state index contributed by atoms with van der Waals surface area (Å²) in [5, 5.41) is 17.4. The molecule has 4 aliphatic rings. The quantitative estimate of drug-likeness (QED) is 0.512. The molecular formula is C29H37ClN6O2. The van der Waals surface area contributed by atoms with Gasteiger partial charge in [0, 0.05) is 55.6 Å². The fourth-order valence-corrected chi connectivity index (χ4v) is 6.65. The van der Waals surface area contributed by atoms with Crippen LogP contribution in [0.5, 0.6) is 0 Å². The fraction of sp³-hybridized carbons (Fsp3) is 0.621. The van der Waals surface area contributed by atoms with Crippen LogP contribution in [0, 0.1) is 22.2 Å². The molecule has 38 heavy (non-hydrogen) atoms. The summed E-state index contributed by atoms with van der Waals surface area (Å²) in [7, 11) is 0. The predicted octanol–water partition coefficient (Wildman–Crippen LogP) is 4.97. The lowest BCUT2D eigenvalue weighted by Gasteiger charge is -2.40. The molecule has 9 heteroatoms. The zero-order valence-electron chi connectivity index (χ0n) is 21.9. The van der Waals surface area contributed by atoms with Gasteiger partial charge in [-0.2, -0.15) is 5.26 Å². The van der Waals surface area contributed by atoms with Crippen molar-refractivity contribution in [2.24, 2.45) is 10.8 Å². The van der Waals surface area contributed by atoms with Gasteiger partial charge in [-0.25, -0.2) is 9.97 Å². The average Bonchev–Trinajstić information content (AvgIpc) is 3.41. The molecule has 6 rings (SSSR count).